The van der Waals surface area contributed by atoms with Gasteiger partial charge >= 0.3 is 0 Å². The summed E-state index contributed by atoms with van der Waals surface area (Å²) >= 11 is 0. The number of fused-ring (bicyclic) bond motifs is 8. The predicted octanol–water partition coefficient (Wildman–Crippen LogP) is 3.94. The van der Waals surface area contributed by atoms with E-state index in [0.717, 1.165) is 23.0 Å². The first-order chi connectivity index (χ1) is 11.4. The number of nitrogens with zero attached hydrogens (tertiary/aromatic N) is 2. The molecule has 0 saturated heterocycles. The van der Waals surface area contributed by atoms with Crippen molar-refractivity contribution in [2.45, 2.75) is 45.4 Å². The molecule has 3 aliphatic carbocycles. The summed E-state index contributed by atoms with van der Waals surface area (Å²) in [6.45, 7) is 9.25. The van der Waals surface area contributed by atoms with Gasteiger partial charge in [-0.25, -0.2) is 0 Å². The Balaban J connectivity index is 1.84. The Morgan fingerprint density at radius 1 is 1.17 bits per heavy atom. The van der Waals surface area contributed by atoms with E-state index in [4.69, 9.17) is 0 Å². The molecule has 1 aromatic carbocycles. The first kappa shape index (κ1) is 13.2. The molecule has 2 fully saturated rings. The van der Waals surface area contributed by atoms with Crippen molar-refractivity contribution in [3.63, 3.8) is 0 Å². The van der Waals surface area contributed by atoms with Gasteiger partial charge in [0.05, 0.1) is 0 Å². The average molecular weight is 316 g/mol. The summed E-state index contributed by atoms with van der Waals surface area (Å²) in [6, 6.07) is 8.43. The standard InChI is InChI=1S/C21H20N2O/c1-11-6-5-7-13-12(11)8-9-23-16-15(18(24)22-17(13)23)14-10-19(2)20(14,3)21(16,19)4/h5-9,14H,10H2,1-4H3. The molecule has 0 aliphatic heterocycles. The second-order valence-electron chi connectivity index (χ2n) is 8.64. The van der Waals surface area contributed by atoms with E-state index in [-0.39, 0.29) is 16.4 Å². The van der Waals surface area contributed by atoms with Gasteiger partial charge in [0.1, 0.15) is 5.65 Å². The van der Waals surface area contributed by atoms with E-state index >= 15 is 0 Å². The number of hydrogen-bond donors (Lipinski definition) is 0. The molecule has 0 amide bonds. The summed E-state index contributed by atoms with van der Waals surface area (Å²) in [5, 5.41) is 2.26. The molecule has 3 heteroatoms. The number of benzene rings is 1. The molecule has 4 atom stereocenters. The Labute approximate surface area is 140 Å². The fraction of sp³-hybridized carbons (Fsp3) is 0.429. The van der Waals surface area contributed by atoms with Crippen molar-refractivity contribution in [1.29, 1.82) is 0 Å². The summed E-state index contributed by atoms with van der Waals surface area (Å²) in [7, 11) is 0. The number of hydrogen-bond acceptors (Lipinski definition) is 2. The van der Waals surface area contributed by atoms with Gasteiger partial charge in [-0.1, -0.05) is 39.0 Å². The van der Waals surface area contributed by atoms with Crippen molar-refractivity contribution in [2.75, 3.05) is 0 Å². The molecule has 0 radical (unpaired) electrons. The van der Waals surface area contributed by atoms with Gasteiger partial charge in [0.15, 0.2) is 0 Å². The molecule has 120 valence electrons. The van der Waals surface area contributed by atoms with Gasteiger partial charge in [-0.15, -0.1) is 0 Å². The lowest BCUT2D eigenvalue weighted by molar-refractivity contribution is 0.167. The first-order valence-electron chi connectivity index (χ1n) is 8.81. The highest BCUT2D eigenvalue weighted by Crippen LogP contribution is 2.96. The topological polar surface area (TPSA) is 34.4 Å². The van der Waals surface area contributed by atoms with Gasteiger partial charge in [-0.05, 0) is 47.1 Å². The fourth-order valence-electron chi connectivity index (χ4n) is 6.73. The second-order valence-corrected chi connectivity index (χ2v) is 8.64. The van der Waals surface area contributed by atoms with E-state index in [0.29, 0.717) is 11.3 Å². The van der Waals surface area contributed by atoms with Crippen LogP contribution in [0.5, 0.6) is 0 Å². The van der Waals surface area contributed by atoms with Crippen LogP contribution in [0.15, 0.2) is 35.3 Å². The van der Waals surface area contributed by atoms with Crippen LogP contribution in [0.25, 0.3) is 16.4 Å². The lowest BCUT2D eigenvalue weighted by atomic mass is 9.63. The van der Waals surface area contributed by atoms with E-state index < -0.39 is 0 Å². The maximum absolute atomic E-state index is 12.9. The maximum atomic E-state index is 12.9. The van der Waals surface area contributed by atoms with Gasteiger partial charge in [-0.2, -0.15) is 4.98 Å². The summed E-state index contributed by atoms with van der Waals surface area (Å²) in [6.07, 6.45) is 3.27. The molecule has 3 nitrogen and oxygen atoms in total. The van der Waals surface area contributed by atoms with Gasteiger partial charge in [-0.3, -0.25) is 4.79 Å². The molecule has 0 spiro atoms. The lowest BCUT2D eigenvalue weighted by Crippen LogP contribution is -2.36. The molecule has 3 aromatic rings. The summed E-state index contributed by atoms with van der Waals surface area (Å²) < 4.78 is 2.22. The van der Waals surface area contributed by atoms with Crippen molar-refractivity contribution in [3.8, 4) is 0 Å². The molecule has 0 N–H and O–H groups in total. The Kier molecular flexibility index (Phi) is 1.81. The molecule has 3 aliphatic rings. The monoisotopic (exact) mass is 316 g/mol. The van der Waals surface area contributed by atoms with Gasteiger partial charge in [0.2, 0.25) is 0 Å². The zero-order chi connectivity index (χ0) is 16.6. The Morgan fingerprint density at radius 2 is 1.96 bits per heavy atom. The molecule has 6 rings (SSSR count). The summed E-state index contributed by atoms with van der Waals surface area (Å²) in [5.41, 5.74) is 4.96. The number of aryl methyl sites for hydroxylation is 1. The van der Waals surface area contributed by atoms with Crippen LogP contribution in [0.1, 0.15) is 49.9 Å². The van der Waals surface area contributed by atoms with Crippen LogP contribution >= 0.6 is 0 Å². The fourth-order valence-corrected chi connectivity index (χ4v) is 6.73. The van der Waals surface area contributed by atoms with Crippen molar-refractivity contribution in [3.05, 3.63) is 57.6 Å². The van der Waals surface area contributed by atoms with Crippen molar-refractivity contribution >= 4 is 16.4 Å². The minimum absolute atomic E-state index is 0.000654. The zero-order valence-electron chi connectivity index (χ0n) is 14.5. The van der Waals surface area contributed by atoms with E-state index in [1.165, 1.54) is 16.6 Å². The highest BCUT2D eigenvalue weighted by molar-refractivity contribution is 5.96. The third kappa shape index (κ3) is 0.934. The quantitative estimate of drug-likeness (QED) is 0.589. The zero-order valence-corrected chi connectivity index (χ0v) is 14.5. The van der Waals surface area contributed by atoms with E-state index in [2.05, 4.69) is 67.5 Å². The van der Waals surface area contributed by atoms with Crippen molar-refractivity contribution < 1.29 is 0 Å². The van der Waals surface area contributed by atoms with E-state index in [9.17, 15) is 4.79 Å². The second kappa shape index (κ2) is 3.30. The largest absolute Gasteiger partial charge is 0.304 e. The van der Waals surface area contributed by atoms with E-state index in [1.54, 1.807) is 0 Å². The highest BCUT2D eigenvalue weighted by atomic mass is 16.1. The third-order valence-electron chi connectivity index (χ3n) is 8.47. The SMILES string of the molecule is Cc1cccc2c1ccn1c3c(c(=O)nc21)C1CC2(C)C3(C)C12C. The van der Waals surface area contributed by atoms with Gasteiger partial charge in [0.25, 0.3) is 5.56 Å². The average Bonchev–Trinajstić information content (AvgIpc) is 2.75. The minimum atomic E-state index is 0.000654. The first-order valence-corrected chi connectivity index (χ1v) is 8.81. The molecule has 2 saturated carbocycles. The van der Waals surface area contributed by atoms with Crippen LogP contribution in [-0.2, 0) is 5.41 Å². The number of rotatable bonds is 0. The minimum Gasteiger partial charge on any atom is -0.304 e. The van der Waals surface area contributed by atoms with Crippen LogP contribution in [-0.4, -0.2) is 9.38 Å². The predicted molar refractivity (Wildman–Crippen MR) is 94.6 cm³/mol. The number of aromatic nitrogens is 2. The number of pyridine rings is 1. The lowest BCUT2D eigenvalue weighted by Gasteiger charge is -2.40. The highest BCUT2D eigenvalue weighted by Gasteiger charge is 2.93. The van der Waals surface area contributed by atoms with Crippen molar-refractivity contribution in [1.82, 2.24) is 9.38 Å². The van der Waals surface area contributed by atoms with Gasteiger partial charge in [0, 0.05) is 28.3 Å². The third-order valence-corrected chi connectivity index (χ3v) is 8.47. The smallest absolute Gasteiger partial charge is 0.277 e. The van der Waals surface area contributed by atoms with E-state index in [1.807, 2.05) is 0 Å². The molecular formula is C21H20N2O. The Bertz CT molecular complexity index is 1180. The molecule has 0 bridgehead atoms. The van der Waals surface area contributed by atoms with Crippen LogP contribution in [0, 0.1) is 17.8 Å². The molecular weight excluding hydrogens is 296 g/mol. The molecule has 2 aromatic heterocycles. The normalized spacial score (nSPS) is 38.1. The molecule has 4 unspecified atom stereocenters. The molecule has 24 heavy (non-hydrogen) atoms. The Morgan fingerprint density at radius 3 is 2.75 bits per heavy atom. The Hall–Kier alpha value is -2.16. The maximum Gasteiger partial charge on any atom is 0.277 e. The molecule has 2 heterocycles. The van der Waals surface area contributed by atoms with Gasteiger partial charge < -0.3 is 4.40 Å². The van der Waals surface area contributed by atoms with Crippen LogP contribution in [0.2, 0.25) is 0 Å². The van der Waals surface area contributed by atoms with Crippen LogP contribution in [0.3, 0.4) is 0 Å². The summed E-state index contributed by atoms with van der Waals surface area (Å²) in [5.74, 6) is 0.396. The van der Waals surface area contributed by atoms with Crippen molar-refractivity contribution in [2.24, 2.45) is 10.8 Å². The van der Waals surface area contributed by atoms with Crippen LogP contribution in [0.4, 0.5) is 0 Å². The summed E-state index contributed by atoms with van der Waals surface area (Å²) in [4.78, 5) is 17.5. The van der Waals surface area contributed by atoms with Crippen LogP contribution < -0.4 is 5.56 Å².